The van der Waals surface area contributed by atoms with Crippen LogP contribution >= 0.6 is 23.2 Å². The zero-order chi connectivity index (χ0) is 22.9. The van der Waals surface area contributed by atoms with Crippen molar-refractivity contribution >= 4 is 41.1 Å². The Bertz CT molecular complexity index is 948. The Labute approximate surface area is 197 Å². The smallest absolute Gasteiger partial charge is 0.407 e. The van der Waals surface area contributed by atoms with Crippen LogP contribution in [0.1, 0.15) is 28.8 Å². The second-order valence-electron chi connectivity index (χ2n) is 7.37. The van der Waals surface area contributed by atoms with E-state index in [1.165, 1.54) is 0 Å². The fourth-order valence-corrected chi connectivity index (χ4v) is 3.74. The molecule has 0 unspecified atom stereocenters. The molecular weight excluding hydrogens is 453 g/mol. The van der Waals surface area contributed by atoms with Crippen molar-refractivity contribution in [3.8, 4) is 0 Å². The van der Waals surface area contributed by atoms with Crippen molar-refractivity contribution in [2.24, 2.45) is 0 Å². The minimum absolute atomic E-state index is 0.00246. The van der Waals surface area contributed by atoms with E-state index in [0.717, 1.165) is 5.56 Å². The van der Waals surface area contributed by atoms with Gasteiger partial charge in [-0.3, -0.25) is 9.59 Å². The summed E-state index contributed by atoms with van der Waals surface area (Å²) in [4.78, 5) is 40.3. The molecule has 1 saturated heterocycles. The van der Waals surface area contributed by atoms with E-state index >= 15 is 0 Å². The van der Waals surface area contributed by atoms with Crippen LogP contribution in [-0.4, -0.2) is 60.4 Å². The summed E-state index contributed by atoms with van der Waals surface area (Å²) in [5.74, 6) is -0.194. The highest BCUT2D eigenvalue weighted by molar-refractivity contribution is 6.43. The molecule has 0 aromatic heterocycles. The second-order valence-corrected chi connectivity index (χ2v) is 8.15. The van der Waals surface area contributed by atoms with Gasteiger partial charge in [0, 0.05) is 39.1 Å². The van der Waals surface area contributed by atoms with Crippen LogP contribution in [0.15, 0.2) is 48.5 Å². The number of nitrogens with one attached hydrogen (secondary N) is 1. The summed E-state index contributed by atoms with van der Waals surface area (Å²) in [5, 5.41) is 3.23. The molecule has 3 rings (SSSR count). The van der Waals surface area contributed by atoms with E-state index < -0.39 is 6.09 Å². The van der Waals surface area contributed by atoms with Crippen molar-refractivity contribution in [1.82, 2.24) is 15.1 Å². The van der Waals surface area contributed by atoms with E-state index in [1.54, 1.807) is 28.0 Å². The zero-order valence-corrected chi connectivity index (χ0v) is 19.1. The van der Waals surface area contributed by atoms with Crippen LogP contribution in [0.5, 0.6) is 0 Å². The lowest BCUT2D eigenvalue weighted by atomic mass is 10.1. The lowest BCUT2D eigenvalue weighted by Crippen LogP contribution is -2.50. The van der Waals surface area contributed by atoms with Crippen LogP contribution in [-0.2, 0) is 16.1 Å². The molecule has 32 heavy (non-hydrogen) atoms. The van der Waals surface area contributed by atoms with E-state index in [4.69, 9.17) is 27.9 Å². The molecule has 0 aliphatic carbocycles. The summed E-state index contributed by atoms with van der Waals surface area (Å²) in [6, 6.07) is 14.4. The number of piperazine rings is 1. The topological polar surface area (TPSA) is 79.0 Å². The van der Waals surface area contributed by atoms with Crippen LogP contribution in [0.2, 0.25) is 10.0 Å². The van der Waals surface area contributed by atoms with Gasteiger partial charge >= 0.3 is 6.09 Å². The van der Waals surface area contributed by atoms with Crippen LogP contribution in [0.3, 0.4) is 0 Å². The standard InChI is InChI=1S/C23H25Cl2N3O4/c24-19-9-4-8-18(21(19)25)22(30)28-14-12-27(13-15-28)20(29)10-5-11-26-23(31)32-16-17-6-2-1-3-7-17/h1-4,6-9H,5,10-16H2,(H,26,31). The first-order valence-electron chi connectivity index (χ1n) is 10.4. The summed E-state index contributed by atoms with van der Waals surface area (Å²) in [6.45, 7) is 2.32. The third-order valence-corrected chi connectivity index (χ3v) is 5.97. The number of halogens is 2. The molecule has 7 nitrogen and oxygen atoms in total. The third-order valence-electron chi connectivity index (χ3n) is 5.15. The summed E-state index contributed by atoms with van der Waals surface area (Å²) in [7, 11) is 0. The molecule has 0 spiro atoms. The van der Waals surface area contributed by atoms with E-state index in [0.29, 0.717) is 56.2 Å². The van der Waals surface area contributed by atoms with Crippen LogP contribution < -0.4 is 5.32 Å². The van der Waals surface area contributed by atoms with Gasteiger partial charge in [-0.2, -0.15) is 0 Å². The molecule has 0 saturated carbocycles. The maximum atomic E-state index is 12.7. The Balaban J connectivity index is 1.33. The average Bonchev–Trinajstić information content (AvgIpc) is 2.82. The van der Waals surface area contributed by atoms with Gasteiger partial charge in [-0.1, -0.05) is 59.6 Å². The number of carbonyl (C=O) groups is 3. The number of amides is 3. The van der Waals surface area contributed by atoms with E-state index in [1.807, 2.05) is 30.3 Å². The molecule has 2 aromatic carbocycles. The number of ether oxygens (including phenoxy) is 1. The van der Waals surface area contributed by atoms with Gasteiger partial charge in [-0.25, -0.2) is 4.79 Å². The Hall–Kier alpha value is -2.77. The van der Waals surface area contributed by atoms with Crippen molar-refractivity contribution in [1.29, 1.82) is 0 Å². The highest BCUT2D eigenvalue weighted by atomic mass is 35.5. The van der Waals surface area contributed by atoms with Crippen molar-refractivity contribution in [2.75, 3.05) is 32.7 Å². The number of hydrogen-bond donors (Lipinski definition) is 1. The summed E-state index contributed by atoms with van der Waals surface area (Å²) in [6.07, 6.45) is 0.317. The second kappa shape index (κ2) is 11.7. The van der Waals surface area contributed by atoms with Gasteiger partial charge in [0.05, 0.1) is 15.6 Å². The van der Waals surface area contributed by atoms with Gasteiger partial charge in [-0.15, -0.1) is 0 Å². The maximum Gasteiger partial charge on any atom is 0.407 e. The highest BCUT2D eigenvalue weighted by Crippen LogP contribution is 2.26. The Morgan fingerprint density at radius 1 is 0.906 bits per heavy atom. The molecule has 1 heterocycles. The molecule has 9 heteroatoms. The fourth-order valence-electron chi connectivity index (χ4n) is 3.36. The minimum Gasteiger partial charge on any atom is -0.445 e. The number of rotatable bonds is 7. The number of carbonyl (C=O) groups excluding carboxylic acids is 3. The van der Waals surface area contributed by atoms with Crippen molar-refractivity contribution in [3.05, 3.63) is 69.7 Å². The molecule has 3 amide bonds. The van der Waals surface area contributed by atoms with E-state index in [2.05, 4.69) is 5.32 Å². The van der Waals surface area contributed by atoms with Crippen molar-refractivity contribution < 1.29 is 19.1 Å². The summed E-state index contributed by atoms with van der Waals surface area (Å²) in [5.41, 5.74) is 1.28. The first-order chi connectivity index (χ1) is 15.5. The number of hydrogen-bond acceptors (Lipinski definition) is 4. The molecule has 1 aliphatic rings. The molecule has 1 N–H and O–H groups in total. The largest absolute Gasteiger partial charge is 0.445 e. The van der Waals surface area contributed by atoms with Gasteiger partial charge in [0.1, 0.15) is 6.61 Å². The van der Waals surface area contributed by atoms with Gasteiger partial charge < -0.3 is 19.9 Å². The Morgan fingerprint density at radius 3 is 2.31 bits per heavy atom. The van der Waals surface area contributed by atoms with Crippen LogP contribution in [0, 0.1) is 0 Å². The molecule has 0 radical (unpaired) electrons. The molecular formula is C23H25Cl2N3O4. The zero-order valence-electron chi connectivity index (χ0n) is 17.6. The van der Waals surface area contributed by atoms with Gasteiger partial charge in [0.15, 0.2) is 0 Å². The molecule has 170 valence electrons. The monoisotopic (exact) mass is 477 g/mol. The minimum atomic E-state index is -0.506. The Morgan fingerprint density at radius 2 is 1.59 bits per heavy atom. The van der Waals surface area contributed by atoms with Gasteiger partial charge in [0.2, 0.25) is 5.91 Å². The summed E-state index contributed by atoms with van der Waals surface area (Å²) >= 11 is 12.1. The quantitative estimate of drug-likeness (QED) is 0.611. The number of nitrogens with zero attached hydrogens (tertiary/aromatic N) is 2. The summed E-state index contributed by atoms with van der Waals surface area (Å²) < 4.78 is 5.14. The lowest BCUT2D eigenvalue weighted by Gasteiger charge is -2.35. The maximum absolute atomic E-state index is 12.7. The molecule has 1 fully saturated rings. The fraction of sp³-hybridized carbons (Fsp3) is 0.348. The first kappa shape index (κ1) is 23.9. The SMILES string of the molecule is O=C(NCCCC(=O)N1CCN(C(=O)c2cccc(Cl)c2Cl)CC1)OCc1ccccc1. The average molecular weight is 478 g/mol. The number of alkyl carbamates (subject to hydrolysis) is 1. The van der Waals surface area contributed by atoms with Gasteiger partial charge in [-0.05, 0) is 24.1 Å². The third kappa shape index (κ3) is 6.61. The predicted octanol–water partition coefficient (Wildman–Crippen LogP) is 3.98. The van der Waals surface area contributed by atoms with Crippen molar-refractivity contribution in [2.45, 2.75) is 19.4 Å². The highest BCUT2D eigenvalue weighted by Gasteiger charge is 2.26. The first-order valence-corrected chi connectivity index (χ1v) is 11.2. The molecule has 1 aliphatic heterocycles. The molecule has 0 atom stereocenters. The van der Waals surface area contributed by atoms with E-state index in [-0.39, 0.29) is 23.4 Å². The van der Waals surface area contributed by atoms with Crippen molar-refractivity contribution in [3.63, 3.8) is 0 Å². The molecule has 0 bridgehead atoms. The van der Waals surface area contributed by atoms with Crippen LogP contribution in [0.25, 0.3) is 0 Å². The van der Waals surface area contributed by atoms with Gasteiger partial charge in [0.25, 0.3) is 5.91 Å². The lowest BCUT2D eigenvalue weighted by molar-refractivity contribution is -0.132. The number of benzene rings is 2. The predicted molar refractivity (Wildman–Crippen MR) is 123 cm³/mol. The molecule has 2 aromatic rings. The normalized spacial score (nSPS) is 13.6. The van der Waals surface area contributed by atoms with E-state index in [9.17, 15) is 14.4 Å². The van der Waals surface area contributed by atoms with Crippen LogP contribution in [0.4, 0.5) is 4.79 Å². The Kier molecular flexibility index (Phi) is 8.76.